The van der Waals surface area contributed by atoms with Crippen molar-refractivity contribution >= 4 is 0 Å². The summed E-state index contributed by atoms with van der Waals surface area (Å²) in [6.07, 6.45) is 12.0. The molecule has 0 amide bonds. The van der Waals surface area contributed by atoms with Gasteiger partial charge in [0.2, 0.25) is 0 Å². The standard InChI is InChI=1S/C7H6O/c1-2-7-5-3-4-6-8-7/h1,3-7H. The maximum atomic E-state index is 5.04. The van der Waals surface area contributed by atoms with Crippen LogP contribution in [0.1, 0.15) is 0 Å². The minimum atomic E-state index is -0.153. The predicted molar refractivity (Wildman–Crippen MR) is 32.0 cm³/mol. The van der Waals surface area contributed by atoms with E-state index in [-0.39, 0.29) is 6.10 Å². The second-order valence-corrected chi connectivity index (χ2v) is 1.44. The van der Waals surface area contributed by atoms with Crippen LogP contribution in [0, 0.1) is 12.3 Å². The van der Waals surface area contributed by atoms with Crippen LogP contribution in [0.4, 0.5) is 0 Å². The molecule has 1 aliphatic rings. The van der Waals surface area contributed by atoms with E-state index in [4.69, 9.17) is 11.2 Å². The maximum absolute atomic E-state index is 5.04. The zero-order chi connectivity index (χ0) is 5.82. The van der Waals surface area contributed by atoms with E-state index >= 15 is 0 Å². The Balaban J connectivity index is 2.55. The molecule has 1 heterocycles. The average molecular weight is 106 g/mol. The Kier molecular flexibility index (Phi) is 1.39. The fourth-order valence-electron chi connectivity index (χ4n) is 0.481. The first-order valence-corrected chi connectivity index (χ1v) is 2.38. The summed E-state index contributed by atoms with van der Waals surface area (Å²) in [7, 11) is 0. The van der Waals surface area contributed by atoms with Gasteiger partial charge in [0.25, 0.3) is 0 Å². The average Bonchev–Trinajstić information content (AvgIpc) is 1.90. The van der Waals surface area contributed by atoms with Gasteiger partial charge in [-0.1, -0.05) is 12.0 Å². The van der Waals surface area contributed by atoms with Crippen molar-refractivity contribution in [2.45, 2.75) is 6.10 Å². The third-order valence-corrected chi connectivity index (χ3v) is 0.865. The van der Waals surface area contributed by atoms with E-state index in [0.29, 0.717) is 0 Å². The van der Waals surface area contributed by atoms with Gasteiger partial charge in [-0.3, -0.25) is 0 Å². The van der Waals surface area contributed by atoms with Crippen molar-refractivity contribution in [3.05, 3.63) is 24.5 Å². The molecular weight excluding hydrogens is 100 g/mol. The molecular formula is C7H6O. The van der Waals surface area contributed by atoms with Crippen molar-refractivity contribution < 1.29 is 4.74 Å². The van der Waals surface area contributed by atoms with E-state index in [2.05, 4.69) is 5.92 Å². The van der Waals surface area contributed by atoms with Gasteiger partial charge in [-0.2, -0.15) is 0 Å². The molecule has 8 heavy (non-hydrogen) atoms. The van der Waals surface area contributed by atoms with Crippen molar-refractivity contribution in [2.75, 3.05) is 0 Å². The van der Waals surface area contributed by atoms with Gasteiger partial charge in [0.15, 0.2) is 6.10 Å². The summed E-state index contributed by atoms with van der Waals surface area (Å²) >= 11 is 0. The minimum Gasteiger partial charge on any atom is -0.481 e. The largest absolute Gasteiger partial charge is 0.481 e. The highest BCUT2D eigenvalue weighted by molar-refractivity contribution is 5.16. The summed E-state index contributed by atoms with van der Waals surface area (Å²) in [6, 6.07) is 0. The number of ether oxygens (including phenoxy) is 1. The topological polar surface area (TPSA) is 9.23 Å². The number of hydrogen-bond acceptors (Lipinski definition) is 1. The summed E-state index contributed by atoms with van der Waals surface area (Å²) in [4.78, 5) is 0. The Bertz CT molecular complexity index is 160. The van der Waals surface area contributed by atoms with Gasteiger partial charge in [0.05, 0.1) is 6.26 Å². The van der Waals surface area contributed by atoms with Crippen LogP contribution >= 0.6 is 0 Å². The molecule has 0 radical (unpaired) electrons. The van der Waals surface area contributed by atoms with Crippen LogP contribution in [0.5, 0.6) is 0 Å². The highest BCUT2D eigenvalue weighted by Gasteiger charge is 1.96. The number of rotatable bonds is 0. The highest BCUT2D eigenvalue weighted by atomic mass is 16.5. The third-order valence-electron chi connectivity index (χ3n) is 0.865. The van der Waals surface area contributed by atoms with Gasteiger partial charge in [0, 0.05) is 0 Å². The van der Waals surface area contributed by atoms with Crippen molar-refractivity contribution in [2.24, 2.45) is 0 Å². The third kappa shape index (κ3) is 0.913. The van der Waals surface area contributed by atoms with E-state index in [1.807, 2.05) is 12.2 Å². The van der Waals surface area contributed by atoms with Crippen molar-refractivity contribution in [3.8, 4) is 12.3 Å². The van der Waals surface area contributed by atoms with E-state index in [0.717, 1.165) is 0 Å². The molecule has 1 atom stereocenters. The number of terminal acetylenes is 1. The molecule has 0 saturated carbocycles. The number of allylic oxidation sites excluding steroid dienone is 2. The summed E-state index contributed by atoms with van der Waals surface area (Å²) < 4.78 is 4.92. The lowest BCUT2D eigenvalue weighted by Crippen LogP contribution is -2.03. The Morgan fingerprint density at radius 2 is 2.38 bits per heavy atom. The molecule has 0 aromatic heterocycles. The van der Waals surface area contributed by atoms with E-state index in [1.165, 1.54) is 0 Å². The van der Waals surface area contributed by atoms with Gasteiger partial charge in [-0.15, -0.1) is 6.42 Å². The van der Waals surface area contributed by atoms with Crippen molar-refractivity contribution in [3.63, 3.8) is 0 Å². The Labute approximate surface area is 48.7 Å². The van der Waals surface area contributed by atoms with Crippen LogP contribution in [0.15, 0.2) is 24.5 Å². The van der Waals surface area contributed by atoms with Crippen molar-refractivity contribution in [1.82, 2.24) is 0 Å². The summed E-state index contributed by atoms with van der Waals surface area (Å²) in [5, 5.41) is 0. The second kappa shape index (κ2) is 2.23. The van der Waals surface area contributed by atoms with Gasteiger partial charge in [0.1, 0.15) is 0 Å². The Hall–Kier alpha value is -1.16. The van der Waals surface area contributed by atoms with Gasteiger partial charge < -0.3 is 4.74 Å². The number of hydrogen-bond donors (Lipinski definition) is 0. The van der Waals surface area contributed by atoms with Crippen LogP contribution < -0.4 is 0 Å². The zero-order valence-electron chi connectivity index (χ0n) is 4.37. The SMILES string of the molecule is C#CC1C=CC=CO1. The molecule has 0 spiro atoms. The summed E-state index contributed by atoms with van der Waals surface area (Å²) in [5.41, 5.74) is 0. The molecule has 1 heteroatoms. The first-order chi connectivity index (χ1) is 3.93. The molecule has 1 nitrogen and oxygen atoms in total. The lowest BCUT2D eigenvalue weighted by molar-refractivity contribution is 0.232. The van der Waals surface area contributed by atoms with Crippen molar-refractivity contribution in [1.29, 1.82) is 0 Å². The predicted octanol–water partition coefficient (Wildman–Crippen LogP) is 1.09. The second-order valence-electron chi connectivity index (χ2n) is 1.44. The Morgan fingerprint density at radius 1 is 1.50 bits per heavy atom. The van der Waals surface area contributed by atoms with Crippen LogP contribution in [0.3, 0.4) is 0 Å². The summed E-state index contributed by atoms with van der Waals surface area (Å²) in [5.74, 6) is 2.44. The zero-order valence-corrected chi connectivity index (χ0v) is 4.37. The monoisotopic (exact) mass is 106 g/mol. The van der Waals surface area contributed by atoms with E-state index < -0.39 is 0 Å². The van der Waals surface area contributed by atoms with Gasteiger partial charge in [-0.25, -0.2) is 0 Å². The lowest BCUT2D eigenvalue weighted by atomic mass is 10.3. The lowest BCUT2D eigenvalue weighted by Gasteiger charge is -2.06. The van der Waals surface area contributed by atoms with Crippen LogP contribution in [0.25, 0.3) is 0 Å². The fraction of sp³-hybridized carbons (Fsp3) is 0.143. The maximum Gasteiger partial charge on any atom is 0.176 e. The first kappa shape index (κ1) is 4.99. The minimum absolute atomic E-state index is 0.153. The molecule has 1 rings (SSSR count). The molecule has 0 aromatic rings. The normalized spacial score (nSPS) is 24.1. The fourth-order valence-corrected chi connectivity index (χ4v) is 0.481. The molecule has 0 aliphatic carbocycles. The summed E-state index contributed by atoms with van der Waals surface area (Å²) in [6.45, 7) is 0. The molecule has 40 valence electrons. The molecule has 1 unspecified atom stereocenters. The Morgan fingerprint density at radius 3 is 2.75 bits per heavy atom. The van der Waals surface area contributed by atoms with Crippen LogP contribution in [-0.4, -0.2) is 6.10 Å². The van der Waals surface area contributed by atoms with Crippen LogP contribution in [-0.2, 0) is 4.74 Å². The first-order valence-electron chi connectivity index (χ1n) is 2.38. The van der Waals surface area contributed by atoms with Gasteiger partial charge in [-0.05, 0) is 12.2 Å². The smallest absolute Gasteiger partial charge is 0.176 e. The highest BCUT2D eigenvalue weighted by Crippen LogP contribution is 1.98. The van der Waals surface area contributed by atoms with Gasteiger partial charge >= 0.3 is 0 Å². The molecule has 0 fully saturated rings. The van der Waals surface area contributed by atoms with Crippen LogP contribution in [0.2, 0.25) is 0 Å². The molecule has 1 aliphatic heterocycles. The molecule has 0 N–H and O–H groups in total. The molecule has 0 saturated heterocycles. The molecule has 0 bridgehead atoms. The van der Waals surface area contributed by atoms with E-state index in [1.54, 1.807) is 12.3 Å². The van der Waals surface area contributed by atoms with E-state index in [9.17, 15) is 0 Å². The molecule has 0 aromatic carbocycles. The quantitative estimate of drug-likeness (QED) is 0.420.